The third kappa shape index (κ3) is 3.29. The van der Waals surface area contributed by atoms with Gasteiger partial charge in [-0.05, 0) is 24.8 Å². The van der Waals surface area contributed by atoms with Crippen LogP contribution in [0.4, 0.5) is 0 Å². The summed E-state index contributed by atoms with van der Waals surface area (Å²) in [6.07, 6.45) is 3.65. The lowest BCUT2D eigenvalue weighted by molar-refractivity contribution is -0.138. The Labute approximate surface area is 112 Å². The topological polar surface area (TPSA) is 53.4 Å². The highest BCUT2D eigenvalue weighted by atomic mass is 16.4. The van der Waals surface area contributed by atoms with Gasteiger partial charge in [-0.15, -0.1) is 0 Å². The zero-order valence-electron chi connectivity index (χ0n) is 11.2. The van der Waals surface area contributed by atoms with E-state index < -0.39 is 5.97 Å². The summed E-state index contributed by atoms with van der Waals surface area (Å²) < 4.78 is 0. The van der Waals surface area contributed by atoms with Gasteiger partial charge in [0.05, 0.1) is 6.54 Å². The number of benzene rings is 1. The number of rotatable bonds is 5. The summed E-state index contributed by atoms with van der Waals surface area (Å²) in [5, 5.41) is 11.2. The third-order valence-electron chi connectivity index (χ3n) is 3.19. The van der Waals surface area contributed by atoms with Crippen molar-refractivity contribution in [1.29, 1.82) is 0 Å². The number of pyridine rings is 1. The van der Waals surface area contributed by atoms with Gasteiger partial charge in [0, 0.05) is 30.4 Å². The second kappa shape index (κ2) is 5.80. The molecule has 4 nitrogen and oxygen atoms in total. The minimum atomic E-state index is -0.804. The molecule has 0 fully saturated rings. The Balaban J connectivity index is 2.31. The van der Waals surface area contributed by atoms with E-state index >= 15 is 0 Å². The number of nitrogens with zero attached hydrogens (tertiary/aromatic N) is 2. The van der Waals surface area contributed by atoms with Crippen LogP contribution in [-0.4, -0.2) is 33.5 Å². The van der Waals surface area contributed by atoms with Crippen molar-refractivity contribution in [2.75, 3.05) is 6.54 Å². The van der Waals surface area contributed by atoms with Crippen LogP contribution in [0.5, 0.6) is 0 Å². The zero-order chi connectivity index (χ0) is 13.8. The highest BCUT2D eigenvalue weighted by Crippen LogP contribution is 2.19. The smallest absolute Gasteiger partial charge is 0.317 e. The monoisotopic (exact) mass is 258 g/mol. The van der Waals surface area contributed by atoms with Crippen molar-refractivity contribution in [2.45, 2.75) is 26.4 Å². The first-order valence-electron chi connectivity index (χ1n) is 6.35. The van der Waals surface area contributed by atoms with Crippen molar-refractivity contribution in [1.82, 2.24) is 9.88 Å². The van der Waals surface area contributed by atoms with E-state index in [2.05, 4.69) is 4.98 Å². The van der Waals surface area contributed by atoms with Crippen molar-refractivity contribution in [2.24, 2.45) is 0 Å². The normalized spacial score (nSPS) is 11.4. The lowest BCUT2D eigenvalue weighted by atomic mass is 10.1. The number of carboxylic acids is 1. The number of carboxylic acid groups (broad SMARTS) is 1. The average molecular weight is 258 g/mol. The van der Waals surface area contributed by atoms with Crippen molar-refractivity contribution in [3.63, 3.8) is 0 Å². The van der Waals surface area contributed by atoms with Gasteiger partial charge in [0.1, 0.15) is 0 Å². The highest BCUT2D eigenvalue weighted by Gasteiger charge is 2.15. The van der Waals surface area contributed by atoms with Gasteiger partial charge in [-0.3, -0.25) is 14.7 Å². The van der Waals surface area contributed by atoms with Gasteiger partial charge >= 0.3 is 5.97 Å². The third-order valence-corrected chi connectivity index (χ3v) is 3.19. The Bertz CT molecular complexity index is 576. The number of aromatic nitrogens is 1. The molecule has 0 aliphatic carbocycles. The predicted molar refractivity (Wildman–Crippen MR) is 74.9 cm³/mol. The fraction of sp³-hybridized carbons (Fsp3) is 0.333. The lowest BCUT2D eigenvalue weighted by Crippen LogP contribution is -2.35. The Morgan fingerprint density at radius 3 is 2.74 bits per heavy atom. The molecule has 0 saturated carbocycles. The fourth-order valence-corrected chi connectivity index (χ4v) is 2.12. The van der Waals surface area contributed by atoms with E-state index in [-0.39, 0.29) is 12.6 Å². The Morgan fingerprint density at radius 1 is 1.32 bits per heavy atom. The molecule has 100 valence electrons. The molecule has 0 aliphatic heterocycles. The molecule has 4 heteroatoms. The summed E-state index contributed by atoms with van der Waals surface area (Å²) in [4.78, 5) is 17.1. The van der Waals surface area contributed by atoms with Crippen LogP contribution in [0.3, 0.4) is 0 Å². The van der Waals surface area contributed by atoms with Gasteiger partial charge in [-0.1, -0.05) is 24.3 Å². The fourth-order valence-electron chi connectivity index (χ4n) is 2.12. The molecule has 0 bridgehead atoms. The number of hydrogen-bond donors (Lipinski definition) is 1. The van der Waals surface area contributed by atoms with Crippen molar-refractivity contribution >= 4 is 16.7 Å². The molecule has 1 N–H and O–H groups in total. The molecule has 0 amide bonds. The van der Waals surface area contributed by atoms with Crippen LogP contribution in [0.25, 0.3) is 10.8 Å². The van der Waals surface area contributed by atoms with Crippen LogP contribution < -0.4 is 0 Å². The summed E-state index contributed by atoms with van der Waals surface area (Å²) in [6.45, 7) is 4.64. The van der Waals surface area contributed by atoms with Crippen LogP contribution in [0.2, 0.25) is 0 Å². The van der Waals surface area contributed by atoms with Crippen LogP contribution >= 0.6 is 0 Å². The van der Waals surface area contributed by atoms with Crippen LogP contribution in [0.1, 0.15) is 19.4 Å². The zero-order valence-corrected chi connectivity index (χ0v) is 11.2. The summed E-state index contributed by atoms with van der Waals surface area (Å²) in [5.41, 5.74) is 1.06. The van der Waals surface area contributed by atoms with Gasteiger partial charge in [-0.2, -0.15) is 0 Å². The summed E-state index contributed by atoms with van der Waals surface area (Å²) in [6, 6.07) is 8.21. The lowest BCUT2D eigenvalue weighted by Gasteiger charge is -2.24. The first-order chi connectivity index (χ1) is 9.08. The standard InChI is InChI=1S/C15H18N2O2/c1-11(2)17(10-15(18)19)9-13-8-16-7-12-5-3-4-6-14(12)13/h3-8,11H,9-10H2,1-2H3,(H,18,19). The quantitative estimate of drug-likeness (QED) is 0.895. The molecule has 19 heavy (non-hydrogen) atoms. The second-order valence-electron chi connectivity index (χ2n) is 4.91. The molecule has 0 saturated heterocycles. The van der Waals surface area contributed by atoms with Gasteiger partial charge < -0.3 is 5.11 Å². The Kier molecular flexibility index (Phi) is 4.12. The highest BCUT2D eigenvalue weighted by molar-refractivity contribution is 5.84. The molecular formula is C15H18N2O2. The Morgan fingerprint density at radius 2 is 2.05 bits per heavy atom. The summed E-state index contributed by atoms with van der Waals surface area (Å²) in [5.74, 6) is -0.804. The molecule has 0 aliphatic rings. The van der Waals surface area contributed by atoms with E-state index in [4.69, 9.17) is 5.11 Å². The molecule has 0 atom stereocenters. The largest absolute Gasteiger partial charge is 0.480 e. The molecule has 0 spiro atoms. The number of fused-ring (bicyclic) bond motifs is 1. The number of hydrogen-bond acceptors (Lipinski definition) is 3. The maximum absolute atomic E-state index is 10.9. The average Bonchev–Trinajstić information content (AvgIpc) is 2.37. The van der Waals surface area contributed by atoms with E-state index in [1.54, 1.807) is 0 Å². The summed E-state index contributed by atoms with van der Waals surface area (Å²) in [7, 11) is 0. The van der Waals surface area contributed by atoms with Crippen LogP contribution in [-0.2, 0) is 11.3 Å². The van der Waals surface area contributed by atoms with E-state index in [1.807, 2.05) is 55.4 Å². The molecule has 1 aromatic carbocycles. The maximum atomic E-state index is 10.9. The molecule has 2 aromatic rings. The molecule has 1 aromatic heterocycles. The van der Waals surface area contributed by atoms with Gasteiger partial charge in [-0.25, -0.2) is 0 Å². The summed E-state index contributed by atoms with van der Waals surface area (Å²) >= 11 is 0. The van der Waals surface area contributed by atoms with Crippen molar-refractivity contribution in [3.8, 4) is 0 Å². The van der Waals surface area contributed by atoms with E-state index in [1.165, 1.54) is 0 Å². The van der Waals surface area contributed by atoms with E-state index in [0.29, 0.717) is 6.54 Å². The molecule has 0 unspecified atom stereocenters. The van der Waals surface area contributed by atoms with Gasteiger partial charge in [0.15, 0.2) is 0 Å². The minimum absolute atomic E-state index is 0.0425. The predicted octanol–water partition coefficient (Wildman–Crippen LogP) is 2.53. The van der Waals surface area contributed by atoms with Gasteiger partial charge in [0.25, 0.3) is 0 Å². The van der Waals surface area contributed by atoms with E-state index in [0.717, 1.165) is 16.3 Å². The maximum Gasteiger partial charge on any atom is 0.317 e. The molecule has 1 heterocycles. The first-order valence-corrected chi connectivity index (χ1v) is 6.35. The van der Waals surface area contributed by atoms with Crippen molar-refractivity contribution < 1.29 is 9.90 Å². The van der Waals surface area contributed by atoms with Gasteiger partial charge in [0.2, 0.25) is 0 Å². The molecular weight excluding hydrogens is 240 g/mol. The van der Waals surface area contributed by atoms with Crippen LogP contribution in [0, 0.1) is 0 Å². The Hall–Kier alpha value is -1.94. The van der Waals surface area contributed by atoms with E-state index in [9.17, 15) is 4.79 Å². The molecule has 0 radical (unpaired) electrons. The van der Waals surface area contributed by atoms with Crippen molar-refractivity contribution in [3.05, 3.63) is 42.2 Å². The first kappa shape index (κ1) is 13.5. The SMILES string of the molecule is CC(C)N(CC(=O)O)Cc1cncc2ccccc12. The minimum Gasteiger partial charge on any atom is -0.480 e. The second-order valence-corrected chi connectivity index (χ2v) is 4.91. The number of carbonyl (C=O) groups is 1. The number of aliphatic carboxylic acids is 1. The molecule has 2 rings (SSSR count). The van der Waals surface area contributed by atoms with Crippen LogP contribution in [0.15, 0.2) is 36.7 Å².